The number of hydrogen-bond acceptors (Lipinski definition) is 3. The lowest BCUT2D eigenvalue weighted by atomic mass is 10.1. The van der Waals surface area contributed by atoms with Gasteiger partial charge in [-0.25, -0.2) is 9.50 Å². The third kappa shape index (κ3) is 1.87. The molecule has 1 N–H and O–H groups in total. The van der Waals surface area contributed by atoms with Crippen molar-refractivity contribution in [2.24, 2.45) is 0 Å². The molecule has 5 nitrogen and oxygen atoms in total. The molecular formula is C17H13N3O2. The Morgan fingerprint density at radius 3 is 2.64 bits per heavy atom. The molecule has 0 aliphatic heterocycles. The van der Waals surface area contributed by atoms with Crippen LogP contribution < -0.4 is 10.3 Å². The lowest BCUT2D eigenvalue weighted by molar-refractivity contribution is 0.415. The molecule has 0 fully saturated rings. The lowest BCUT2D eigenvalue weighted by Gasteiger charge is -2.00. The van der Waals surface area contributed by atoms with Gasteiger partial charge in [-0.1, -0.05) is 12.1 Å². The number of nitrogens with zero attached hydrogens (tertiary/aromatic N) is 2. The van der Waals surface area contributed by atoms with Crippen LogP contribution in [0.1, 0.15) is 0 Å². The van der Waals surface area contributed by atoms with E-state index in [9.17, 15) is 4.79 Å². The van der Waals surface area contributed by atoms with Crippen LogP contribution in [0.2, 0.25) is 0 Å². The van der Waals surface area contributed by atoms with E-state index in [1.54, 1.807) is 13.2 Å². The summed E-state index contributed by atoms with van der Waals surface area (Å²) >= 11 is 0. The SMILES string of the molecule is COc1ccc(-c2cc3nc4ccccc4c(=O)n3[nH]2)cc1. The lowest BCUT2D eigenvalue weighted by Crippen LogP contribution is -2.15. The van der Waals surface area contributed by atoms with Crippen LogP contribution >= 0.6 is 0 Å². The number of methoxy groups -OCH3 is 1. The molecule has 5 heteroatoms. The molecule has 0 unspecified atom stereocenters. The molecule has 22 heavy (non-hydrogen) atoms. The maximum atomic E-state index is 12.5. The molecule has 0 radical (unpaired) electrons. The number of aromatic amines is 1. The molecule has 0 amide bonds. The highest BCUT2D eigenvalue weighted by atomic mass is 16.5. The summed E-state index contributed by atoms with van der Waals surface area (Å²) in [4.78, 5) is 17.0. The fourth-order valence-corrected chi connectivity index (χ4v) is 2.56. The first-order valence-electron chi connectivity index (χ1n) is 6.91. The van der Waals surface area contributed by atoms with E-state index in [-0.39, 0.29) is 5.56 Å². The van der Waals surface area contributed by atoms with Crippen LogP contribution in [0.25, 0.3) is 27.8 Å². The van der Waals surface area contributed by atoms with Gasteiger partial charge in [0.25, 0.3) is 5.56 Å². The Morgan fingerprint density at radius 1 is 1.09 bits per heavy atom. The van der Waals surface area contributed by atoms with Crippen molar-refractivity contribution in [2.75, 3.05) is 7.11 Å². The number of hydrogen-bond donors (Lipinski definition) is 1. The highest BCUT2D eigenvalue weighted by Gasteiger charge is 2.09. The Morgan fingerprint density at radius 2 is 1.86 bits per heavy atom. The highest BCUT2D eigenvalue weighted by molar-refractivity contribution is 5.80. The summed E-state index contributed by atoms with van der Waals surface area (Å²) in [6, 6.07) is 16.9. The number of benzene rings is 2. The Kier molecular flexibility index (Phi) is 2.72. The van der Waals surface area contributed by atoms with Crippen LogP contribution in [-0.4, -0.2) is 21.7 Å². The predicted molar refractivity (Wildman–Crippen MR) is 85.3 cm³/mol. The van der Waals surface area contributed by atoms with Gasteiger partial charge < -0.3 is 4.74 Å². The first kappa shape index (κ1) is 12.6. The number of para-hydroxylation sites is 1. The van der Waals surface area contributed by atoms with Gasteiger partial charge in [-0.3, -0.25) is 9.89 Å². The second-order valence-corrected chi connectivity index (χ2v) is 5.03. The number of H-pyrrole nitrogens is 1. The minimum absolute atomic E-state index is 0.0969. The highest BCUT2D eigenvalue weighted by Crippen LogP contribution is 2.22. The van der Waals surface area contributed by atoms with E-state index in [2.05, 4.69) is 10.1 Å². The average molecular weight is 291 g/mol. The molecule has 4 aromatic rings. The molecule has 0 saturated carbocycles. The van der Waals surface area contributed by atoms with Gasteiger partial charge in [0.2, 0.25) is 0 Å². The summed E-state index contributed by atoms with van der Waals surface area (Å²) in [6.45, 7) is 0. The van der Waals surface area contributed by atoms with E-state index >= 15 is 0 Å². The van der Waals surface area contributed by atoms with Crippen molar-refractivity contribution >= 4 is 16.6 Å². The summed E-state index contributed by atoms with van der Waals surface area (Å²) in [5.41, 5.74) is 3.01. The van der Waals surface area contributed by atoms with E-state index in [4.69, 9.17) is 4.74 Å². The summed E-state index contributed by atoms with van der Waals surface area (Å²) in [6.07, 6.45) is 0. The van der Waals surface area contributed by atoms with E-state index < -0.39 is 0 Å². The fraction of sp³-hybridized carbons (Fsp3) is 0.0588. The van der Waals surface area contributed by atoms with Crippen LogP contribution in [0, 0.1) is 0 Å². The van der Waals surface area contributed by atoms with Crippen molar-refractivity contribution in [3.8, 4) is 17.0 Å². The zero-order valence-electron chi connectivity index (χ0n) is 11.9. The molecule has 0 aliphatic rings. The number of aromatic nitrogens is 3. The molecule has 0 spiro atoms. The summed E-state index contributed by atoms with van der Waals surface area (Å²) < 4.78 is 6.63. The summed E-state index contributed by atoms with van der Waals surface area (Å²) in [5, 5.41) is 3.71. The predicted octanol–water partition coefficient (Wildman–Crippen LogP) is 2.85. The van der Waals surface area contributed by atoms with E-state index in [1.165, 1.54) is 4.52 Å². The average Bonchev–Trinajstić information content (AvgIpc) is 2.99. The van der Waals surface area contributed by atoms with Crippen molar-refractivity contribution in [3.63, 3.8) is 0 Å². The smallest absolute Gasteiger partial charge is 0.280 e. The second-order valence-electron chi connectivity index (χ2n) is 5.03. The maximum Gasteiger partial charge on any atom is 0.280 e. The standard InChI is InChI=1S/C17H13N3O2/c1-22-12-8-6-11(7-9-12)15-10-16-18-14-5-3-2-4-13(14)17(21)20(16)19-15/h2-10,19H,1H3. The molecule has 2 aromatic carbocycles. The number of fused-ring (bicyclic) bond motifs is 2. The Labute approximate surface area is 125 Å². The van der Waals surface area contributed by atoms with Crippen molar-refractivity contribution in [2.45, 2.75) is 0 Å². The zero-order chi connectivity index (χ0) is 15.1. The molecule has 0 saturated heterocycles. The van der Waals surface area contributed by atoms with Gasteiger partial charge in [-0.05, 0) is 42.0 Å². The Balaban J connectivity index is 1.94. The molecule has 0 bridgehead atoms. The topological polar surface area (TPSA) is 59.4 Å². The largest absolute Gasteiger partial charge is 0.497 e. The first-order chi connectivity index (χ1) is 10.8. The van der Waals surface area contributed by atoms with Crippen LogP contribution in [0.4, 0.5) is 0 Å². The Bertz CT molecular complexity index is 1030. The molecular weight excluding hydrogens is 278 g/mol. The fourth-order valence-electron chi connectivity index (χ4n) is 2.56. The molecule has 2 aromatic heterocycles. The third-order valence-electron chi connectivity index (χ3n) is 3.71. The summed E-state index contributed by atoms with van der Waals surface area (Å²) in [7, 11) is 1.63. The Hall–Kier alpha value is -3.08. The molecule has 108 valence electrons. The van der Waals surface area contributed by atoms with E-state index in [0.29, 0.717) is 16.6 Å². The maximum absolute atomic E-state index is 12.5. The minimum atomic E-state index is -0.0969. The van der Waals surface area contributed by atoms with E-state index in [0.717, 1.165) is 17.0 Å². The van der Waals surface area contributed by atoms with Crippen LogP contribution in [0.3, 0.4) is 0 Å². The van der Waals surface area contributed by atoms with E-state index in [1.807, 2.05) is 48.5 Å². The van der Waals surface area contributed by atoms with Crippen molar-refractivity contribution < 1.29 is 4.74 Å². The quantitative estimate of drug-likeness (QED) is 0.618. The number of ether oxygens (including phenoxy) is 1. The van der Waals surface area contributed by atoms with Gasteiger partial charge in [0, 0.05) is 6.07 Å². The van der Waals surface area contributed by atoms with Crippen LogP contribution in [-0.2, 0) is 0 Å². The zero-order valence-corrected chi connectivity index (χ0v) is 11.9. The van der Waals surface area contributed by atoms with Gasteiger partial charge in [-0.15, -0.1) is 0 Å². The molecule has 0 aliphatic carbocycles. The van der Waals surface area contributed by atoms with Gasteiger partial charge in [0.1, 0.15) is 5.75 Å². The van der Waals surface area contributed by atoms with Crippen LogP contribution in [0.15, 0.2) is 59.4 Å². The van der Waals surface area contributed by atoms with Crippen molar-refractivity contribution in [1.82, 2.24) is 14.6 Å². The monoisotopic (exact) mass is 291 g/mol. The normalized spacial score (nSPS) is 11.1. The minimum Gasteiger partial charge on any atom is -0.497 e. The van der Waals surface area contributed by atoms with Crippen LogP contribution in [0.5, 0.6) is 5.75 Å². The van der Waals surface area contributed by atoms with Gasteiger partial charge in [0.05, 0.1) is 23.7 Å². The summed E-state index contributed by atoms with van der Waals surface area (Å²) in [5.74, 6) is 0.792. The molecule has 2 heterocycles. The molecule has 0 atom stereocenters. The molecule has 4 rings (SSSR count). The second kappa shape index (κ2) is 4.73. The van der Waals surface area contributed by atoms with Gasteiger partial charge in [-0.2, -0.15) is 0 Å². The van der Waals surface area contributed by atoms with Gasteiger partial charge >= 0.3 is 0 Å². The van der Waals surface area contributed by atoms with Crippen molar-refractivity contribution in [3.05, 3.63) is 65.0 Å². The number of rotatable bonds is 2. The van der Waals surface area contributed by atoms with Crippen molar-refractivity contribution in [1.29, 1.82) is 0 Å². The third-order valence-corrected chi connectivity index (χ3v) is 3.71. The van der Waals surface area contributed by atoms with Gasteiger partial charge in [0.15, 0.2) is 5.65 Å². The number of nitrogens with one attached hydrogen (secondary N) is 1. The first-order valence-corrected chi connectivity index (χ1v) is 6.91.